The van der Waals surface area contributed by atoms with Crippen LogP contribution < -0.4 is 5.32 Å². The minimum Gasteiger partial charge on any atom is -0.423 e. The molecule has 0 spiro atoms. The van der Waals surface area contributed by atoms with Crippen molar-refractivity contribution in [2.24, 2.45) is 0 Å². The van der Waals surface area contributed by atoms with Crippen LogP contribution in [-0.4, -0.2) is 16.1 Å². The third-order valence-electron chi connectivity index (χ3n) is 3.74. The molecule has 1 heterocycles. The molecule has 1 aromatic heterocycles. The Morgan fingerprint density at radius 3 is 2.38 bits per heavy atom. The van der Waals surface area contributed by atoms with Crippen molar-refractivity contribution in [3.63, 3.8) is 0 Å². The molecule has 0 saturated carbocycles. The molecule has 5 heteroatoms. The number of carbonyl (C=O) groups is 1. The Morgan fingerprint density at radius 1 is 1.04 bits per heavy atom. The van der Waals surface area contributed by atoms with E-state index >= 15 is 0 Å². The van der Waals surface area contributed by atoms with Crippen LogP contribution >= 0.6 is 0 Å². The number of carbonyl (C=O) groups excluding carboxylic acids is 1. The summed E-state index contributed by atoms with van der Waals surface area (Å²) in [5.41, 5.74) is 2.80. The van der Waals surface area contributed by atoms with Crippen LogP contribution in [0, 0.1) is 13.8 Å². The summed E-state index contributed by atoms with van der Waals surface area (Å²) in [5.74, 6) is 0.733. The van der Waals surface area contributed by atoms with E-state index in [1.54, 1.807) is 6.92 Å². The molecule has 0 bridgehead atoms. The minimum absolute atomic E-state index is 0.160. The van der Waals surface area contributed by atoms with Crippen LogP contribution in [0.1, 0.15) is 39.3 Å². The number of amides is 1. The van der Waals surface area contributed by atoms with E-state index in [4.69, 9.17) is 4.42 Å². The van der Waals surface area contributed by atoms with Gasteiger partial charge in [-0.25, -0.2) is 0 Å². The van der Waals surface area contributed by atoms with Crippen molar-refractivity contribution in [1.29, 1.82) is 0 Å². The molecule has 1 unspecified atom stereocenters. The fourth-order valence-corrected chi connectivity index (χ4v) is 2.45. The third-order valence-corrected chi connectivity index (χ3v) is 3.74. The first-order valence-corrected chi connectivity index (χ1v) is 7.83. The first-order valence-electron chi connectivity index (χ1n) is 7.83. The molecular weight excluding hydrogens is 302 g/mol. The van der Waals surface area contributed by atoms with Crippen molar-refractivity contribution in [3.8, 4) is 0 Å². The number of hydrogen-bond donors (Lipinski definition) is 1. The van der Waals surface area contributed by atoms with E-state index in [0.29, 0.717) is 23.8 Å². The summed E-state index contributed by atoms with van der Waals surface area (Å²) in [6.45, 7) is 3.72. The van der Waals surface area contributed by atoms with Crippen LogP contribution in [0.5, 0.6) is 0 Å². The normalized spacial score (nSPS) is 11.9. The summed E-state index contributed by atoms with van der Waals surface area (Å²) in [5, 5.41) is 10.9. The van der Waals surface area contributed by atoms with E-state index in [0.717, 1.165) is 11.1 Å². The molecule has 3 aromatic rings. The molecule has 5 nitrogen and oxygen atoms in total. The predicted octanol–water partition coefficient (Wildman–Crippen LogP) is 3.40. The highest BCUT2D eigenvalue weighted by atomic mass is 16.4. The molecule has 1 amide bonds. The lowest BCUT2D eigenvalue weighted by atomic mass is 10.0. The lowest BCUT2D eigenvalue weighted by molar-refractivity contribution is 0.0929. The minimum atomic E-state index is -0.373. The second-order valence-electron chi connectivity index (χ2n) is 5.74. The summed E-state index contributed by atoms with van der Waals surface area (Å²) >= 11 is 0. The Balaban J connectivity index is 1.81. The van der Waals surface area contributed by atoms with Gasteiger partial charge in [-0.2, -0.15) is 0 Å². The van der Waals surface area contributed by atoms with E-state index < -0.39 is 0 Å². The maximum atomic E-state index is 12.5. The number of nitrogens with zero attached hydrogens (tertiary/aromatic N) is 2. The van der Waals surface area contributed by atoms with Crippen LogP contribution in [0.25, 0.3) is 0 Å². The van der Waals surface area contributed by atoms with Gasteiger partial charge in [-0.1, -0.05) is 48.0 Å². The van der Waals surface area contributed by atoms with Crippen LogP contribution in [0.3, 0.4) is 0 Å². The van der Waals surface area contributed by atoms with Gasteiger partial charge in [0.1, 0.15) is 6.04 Å². The molecule has 0 aliphatic carbocycles. The van der Waals surface area contributed by atoms with Crippen LogP contribution in [-0.2, 0) is 6.42 Å². The third kappa shape index (κ3) is 3.87. The Hall–Kier alpha value is -2.95. The van der Waals surface area contributed by atoms with Gasteiger partial charge in [0.15, 0.2) is 0 Å². The fraction of sp³-hybridized carbons (Fsp3) is 0.211. The number of rotatable bonds is 5. The van der Waals surface area contributed by atoms with Crippen molar-refractivity contribution in [2.75, 3.05) is 0 Å². The summed E-state index contributed by atoms with van der Waals surface area (Å²) in [6, 6.07) is 17.0. The van der Waals surface area contributed by atoms with E-state index in [9.17, 15) is 4.79 Å². The number of hydrogen-bond acceptors (Lipinski definition) is 4. The number of benzene rings is 2. The summed E-state index contributed by atoms with van der Waals surface area (Å²) in [4.78, 5) is 12.5. The van der Waals surface area contributed by atoms with Gasteiger partial charge in [0, 0.05) is 18.9 Å². The monoisotopic (exact) mass is 321 g/mol. The zero-order valence-electron chi connectivity index (χ0n) is 13.7. The van der Waals surface area contributed by atoms with Gasteiger partial charge in [0.2, 0.25) is 11.8 Å². The summed E-state index contributed by atoms with van der Waals surface area (Å²) in [6.07, 6.45) is 0.583. The van der Waals surface area contributed by atoms with Gasteiger partial charge in [0.05, 0.1) is 0 Å². The molecule has 0 aliphatic rings. The van der Waals surface area contributed by atoms with Gasteiger partial charge in [-0.15, -0.1) is 10.2 Å². The standard InChI is InChI=1S/C19H19N3O2/c1-13-8-10-16(11-9-13)18(23)20-17(19-22-21-14(2)24-19)12-15-6-4-3-5-7-15/h3-11,17H,12H2,1-2H3,(H,20,23). The van der Waals surface area contributed by atoms with Gasteiger partial charge >= 0.3 is 0 Å². The molecule has 122 valence electrons. The van der Waals surface area contributed by atoms with E-state index in [-0.39, 0.29) is 11.9 Å². The van der Waals surface area contributed by atoms with E-state index in [2.05, 4.69) is 15.5 Å². The first kappa shape index (κ1) is 15.9. The van der Waals surface area contributed by atoms with Gasteiger partial charge < -0.3 is 9.73 Å². The van der Waals surface area contributed by atoms with Crippen molar-refractivity contribution < 1.29 is 9.21 Å². The summed E-state index contributed by atoms with van der Waals surface area (Å²) < 4.78 is 5.54. The average Bonchev–Trinajstić information content (AvgIpc) is 3.02. The van der Waals surface area contributed by atoms with E-state index in [1.807, 2.05) is 61.5 Å². The van der Waals surface area contributed by atoms with Crippen LogP contribution in [0.15, 0.2) is 59.0 Å². The van der Waals surface area contributed by atoms with Crippen LogP contribution in [0.2, 0.25) is 0 Å². The maximum absolute atomic E-state index is 12.5. The highest BCUT2D eigenvalue weighted by Gasteiger charge is 2.21. The summed E-state index contributed by atoms with van der Waals surface area (Å²) in [7, 11) is 0. The van der Waals surface area contributed by atoms with Crippen molar-refractivity contribution in [2.45, 2.75) is 26.3 Å². The Bertz CT molecular complexity index is 810. The number of aryl methyl sites for hydroxylation is 2. The van der Waals surface area contributed by atoms with Crippen LogP contribution in [0.4, 0.5) is 0 Å². The Morgan fingerprint density at radius 2 is 1.75 bits per heavy atom. The molecule has 3 rings (SSSR count). The number of aromatic nitrogens is 2. The highest BCUT2D eigenvalue weighted by molar-refractivity contribution is 5.94. The van der Waals surface area contributed by atoms with Crippen molar-refractivity contribution in [3.05, 3.63) is 83.1 Å². The highest BCUT2D eigenvalue weighted by Crippen LogP contribution is 2.18. The maximum Gasteiger partial charge on any atom is 0.251 e. The average molecular weight is 321 g/mol. The fourth-order valence-electron chi connectivity index (χ4n) is 2.45. The number of nitrogens with one attached hydrogen (secondary N) is 1. The molecular formula is C19H19N3O2. The molecule has 24 heavy (non-hydrogen) atoms. The van der Waals surface area contributed by atoms with Gasteiger partial charge in [0.25, 0.3) is 5.91 Å². The Labute approximate surface area is 140 Å². The molecule has 1 N–H and O–H groups in total. The van der Waals surface area contributed by atoms with Crippen molar-refractivity contribution in [1.82, 2.24) is 15.5 Å². The Kier molecular flexibility index (Phi) is 4.70. The molecule has 2 aromatic carbocycles. The lowest BCUT2D eigenvalue weighted by Gasteiger charge is -2.15. The zero-order valence-corrected chi connectivity index (χ0v) is 13.7. The zero-order chi connectivity index (χ0) is 16.9. The SMILES string of the molecule is Cc1ccc(C(=O)NC(Cc2ccccc2)c2nnc(C)o2)cc1. The second kappa shape index (κ2) is 7.08. The largest absolute Gasteiger partial charge is 0.423 e. The lowest BCUT2D eigenvalue weighted by Crippen LogP contribution is -2.30. The molecule has 0 radical (unpaired) electrons. The predicted molar refractivity (Wildman–Crippen MR) is 90.6 cm³/mol. The van der Waals surface area contributed by atoms with E-state index in [1.165, 1.54) is 0 Å². The van der Waals surface area contributed by atoms with Gasteiger partial charge in [-0.05, 0) is 24.6 Å². The molecule has 0 fully saturated rings. The van der Waals surface area contributed by atoms with Gasteiger partial charge in [-0.3, -0.25) is 4.79 Å². The smallest absolute Gasteiger partial charge is 0.251 e. The molecule has 1 atom stereocenters. The quantitative estimate of drug-likeness (QED) is 0.782. The molecule has 0 saturated heterocycles. The second-order valence-corrected chi connectivity index (χ2v) is 5.74. The molecule has 0 aliphatic heterocycles. The van der Waals surface area contributed by atoms with Crippen molar-refractivity contribution >= 4 is 5.91 Å². The topological polar surface area (TPSA) is 68.0 Å². The first-order chi connectivity index (χ1) is 11.6.